The maximum atomic E-state index is 13.2. The third kappa shape index (κ3) is 3.32. The van der Waals surface area contributed by atoms with Crippen LogP contribution in [0.15, 0.2) is 0 Å². The van der Waals surface area contributed by atoms with Crippen LogP contribution in [0.2, 0.25) is 0 Å². The molecule has 0 bridgehead atoms. The van der Waals surface area contributed by atoms with E-state index in [4.69, 9.17) is 4.74 Å². The van der Waals surface area contributed by atoms with Crippen LogP contribution in [-0.2, 0) is 9.53 Å². The molecule has 25 heavy (non-hydrogen) atoms. The van der Waals surface area contributed by atoms with E-state index < -0.39 is 29.2 Å². The van der Waals surface area contributed by atoms with Crippen LogP contribution < -0.4 is 5.32 Å². The summed E-state index contributed by atoms with van der Waals surface area (Å²) in [4.78, 5) is 27.2. The van der Waals surface area contributed by atoms with Gasteiger partial charge in [0.05, 0.1) is 12.7 Å². The van der Waals surface area contributed by atoms with Gasteiger partial charge < -0.3 is 20.1 Å². The van der Waals surface area contributed by atoms with Gasteiger partial charge in [-0.3, -0.25) is 4.79 Å². The van der Waals surface area contributed by atoms with Gasteiger partial charge in [0.15, 0.2) is 0 Å². The number of nitriles is 1. The number of rotatable bonds is 4. The number of ether oxygens (including phenoxy) is 1. The molecule has 1 heterocycles. The number of hydrogen-bond donors (Lipinski definition) is 2. The lowest BCUT2D eigenvalue weighted by Gasteiger charge is -2.47. The van der Waals surface area contributed by atoms with Crippen molar-refractivity contribution in [2.75, 3.05) is 6.61 Å². The highest BCUT2D eigenvalue weighted by Gasteiger charge is 2.58. The standard InChI is InChI=1S/C18H27N3O4/c1-17(2,3)25-16(24)20-14(18(10-22)5-4-6-18)15(23)21-12(9-19)7-11-8-13(11)21/h11-14,22H,4-8,10H2,1-3H3,(H,20,24)/t11-,12+,13+,14-/m1/s1. The fraction of sp³-hybridized carbons (Fsp3) is 0.833. The van der Waals surface area contributed by atoms with Crippen molar-refractivity contribution in [3.05, 3.63) is 0 Å². The Morgan fingerprint density at radius 2 is 2.08 bits per heavy atom. The number of nitrogens with zero attached hydrogens (tertiary/aromatic N) is 2. The van der Waals surface area contributed by atoms with Crippen LogP contribution >= 0.6 is 0 Å². The fourth-order valence-corrected chi connectivity index (χ4v) is 4.11. The van der Waals surface area contributed by atoms with Crippen LogP contribution in [0.5, 0.6) is 0 Å². The zero-order valence-electron chi connectivity index (χ0n) is 15.1. The van der Waals surface area contributed by atoms with E-state index in [2.05, 4.69) is 11.4 Å². The van der Waals surface area contributed by atoms with Crippen LogP contribution in [0.1, 0.15) is 52.9 Å². The number of nitrogens with one attached hydrogen (secondary N) is 1. The van der Waals surface area contributed by atoms with Crippen LogP contribution in [0.4, 0.5) is 4.79 Å². The number of alkyl carbamates (subject to hydrolysis) is 1. The van der Waals surface area contributed by atoms with E-state index in [1.165, 1.54) is 0 Å². The molecule has 2 saturated carbocycles. The van der Waals surface area contributed by atoms with Gasteiger partial charge in [-0.15, -0.1) is 0 Å². The van der Waals surface area contributed by atoms with E-state index in [0.717, 1.165) is 12.8 Å². The molecule has 138 valence electrons. The summed E-state index contributed by atoms with van der Waals surface area (Å²) in [5.74, 6) is 0.151. The number of aliphatic hydroxyl groups excluding tert-OH is 1. The molecule has 1 aliphatic heterocycles. The average molecular weight is 349 g/mol. The Balaban J connectivity index is 1.80. The molecule has 0 radical (unpaired) electrons. The minimum Gasteiger partial charge on any atom is -0.444 e. The first-order valence-electron chi connectivity index (χ1n) is 9.03. The lowest BCUT2D eigenvalue weighted by molar-refractivity contribution is -0.142. The van der Waals surface area contributed by atoms with E-state index >= 15 is 0 Å². The topological polar surface area (TPSA) is 103 Å². The summed E-state index contributed by atoms with van der Waals surface area (Å²) in [5.41, 5.74) is -1.32. The first-order chi connectivity index (χ1) is 11.7. The molecule has 0 aromatic carbocycles. The summed E-state index contributed by atoms with van der Waals surface area (Å²) in [7, 11) is 0. The van der Waals surface area contributed by atoms with Gasteiger partial charge in [-0.25, -0.2) is 4.79 Å². The number of likely N-dealkylation sites (tertiary alicyclic amines) is 1. The van der Waals surface area contributed by atoms with Gasteiger partial charge in [-0.1, -0.05) is 6.42 Å². The Morgan fingerprint density at radius 3 is 2.56 bits per heavy atom. The van der Waals surface area contributed by atoms with Crippen molar-refractivity contribution in [1.82, 2.24) is 10.2 Å². The largest absolute Gasteiger partial charge is 0.444 e. The van der Waals surface area contributed by atoms with Crippen molar-refractivity contribution >= 4 is 12.0 Å². The highest BCUT2D eigenvalue weighted by atomic mass is 16.6. The molecule has 4 atom stereocenters. The highest BCUT2D eigenvalue weighted by Crippen LogP contribution is 2.50. The monoisotopic (exact) mass is 349 g/mol. The normalized spacial score (nSPS) is 30.5. The van der Waals surface area contributed by atoms with Gasteiger partial charge >= 0.3 is 6.09 Å². The molecule has 3 aliphatic rings. The third-order valence-electron chi connectivity index (χ3n) is 5.69. The van der Waals surface area contributed by atoms with E-state index in [1.807, 2.05) is 0 Å². The van der Waals surface area contributed by atoms with Gasteiger partial charge in [0.2, 0.25) is 5.91 Å². The molecule has 1 saturated heterocycles. The molecule has 3 rings (SSSR count). The Hall–Kier alpha value is -1.81. The minimum atomic E-state index is -0.851. The van der Waals surface area contributed by atoms with Crippen LogP contribution in [-0.4, -0.2) is 52.3 Å². The van der Waals surface area contributed by atoms with E-state index in [1.54, 1.807) is 25.7 Å². The second kappa shape index (κ2) is 6.17. The molecular weight excluding hydrogens is 322 g/mol. The molecule has 0 aromatic rings. The van der Waals surface area contributed by atoms with Crippen molar-refractivity contribution < 1.29 is 19.4 Å². The molecule has 2 N–H and O–H groups in total. The molecule has 7 heteroatoms. The van der Waals surface area contributed by atoms with Gasteiger partial charge in [-0.2, -0.15) is 5.26 Å². The molecule has 0 aromatic heterocycles. The van der Waals surface area contributed by atoms with Gasteiger partial charge in [-0.05, 0) is 52.4 Å². The smallest absolute Gasteiger partial charge is 0.408 e. The number of hydrogen-bond acceptors (Lipinski definition) is 5. The maximum Gasteiger partial charge on any atom is 0.408 e. The van der Waals surface area contributed by atoms with E-state index in [9.17, 15) is 20.0 Å². The second-order valence-electron chi connectivity index (χ2n) is 8.64. The maximum absolute atomic E-state index is 13.2. The van der Waals surface area contributed by atoms with Gasteiger partial charge in [0.1, 0.15) is 17.7 Å². The number of carbonyl (C=O) groups excluding carboxylic acids is 2. The quantitative estimate of drug-likeness (QED) is 0.802. The van der Waals surface area contributed by atoms with Gasteiger partial charge in [0.25, 0.3) is 0 Å². The van der Waals surface area contributed by atoms with E-state index in [-0.39, 0.29) is 18.6 Å². The molecule has 2 aliphatic carbocycles. The number of carbonyl (C=O) groups is 2. The molecular formula is C18H27N3O4. The number of fused-ring (bicyclic) bond motifs is 1. The van der Waals surface area contributed by atoms with Crippen LogP contribution in [0.3, 0.4) is 0 Å². The first-order valence-corrected chi connectivity index (χ1v) is 9.03. The number of piperidine rings is 1. The first kappa shape index (κ1) is 18.0. The Bertz CT molecular complexity index is 597. The fourth-order valence-electron chi connectivity index (χ4n) is 4.11. The SMILES string of the molecule is CC(C)(C)OC(=O)N[C@H](C(=O)N1[C@H](C#N)C[C@@H]2C[C@@H]21)C1(CO)CCC1. The summed E-state index contributed by atoms with van der Waals surface area (Å²) >= 11 is 0. The molecule has 0 unspecified atom stereocenters. The predicted octanol–water partition coefficient (Wildman–Crippen LogP) is 1.56. The van der Waals surface area contributed by atoms with Crippen LogP contribution in [0, 0.1) is 22.7 Å². The molecule has 0 spiro atoms. The minimum absolute atomic E-state index is 0.107. The summed E-state index contributed by atoms with van der Waals surface area (Å²) in [6.07, 6.45) is 3.23. The van der Waals surface area contributed by atoms with Gasteiger partial charge in [0, 0.05) is 11.5 Å². The zero-order chi connectivity index (χ0) is 18.4. The number of aliphatic hydroxyl groups is 1. The zero-order valence-corrected chi connectivity index (χ0v) is 15.1. The second-order valence-corrected chi connectivity index (χ2v) is 8.64. The molecule has 2 amide bonds. The lowest BCUT2D eigenvalue weighted by Crippen LogP contribution is -2.62. The molecule has 3 fully saturated rings. The Morgan fingerprint density at radius 1 is 1.40 bits per heavy atom. The van der Waals surface area contributed by atoms with Crippen LogP contribution in [0.25, 0.3) is 0 Å². The summed E-state index contributed by atoms with van der Waals surface area (Å²) in [6.45, 7) is 5.11. The van der Waals surface area contributed by atoms with Crippen molar-refractivity contribution in [2.45, 2.75) is 76.6 Å². The van der Waals surface area contributed by atoms with Crippen molar-refractivity contribution in [2.24, 2.45) is 11.3 Å². The summed E-state index contributed by atoms with van der Waals surface area (Å²) < 4.78 is 5.31. The lowest BCUT2D eigenvalue weighted by atomic mass is 9.64. The Labute approximate surface area is 148 Å². The summed E-state index contributed by atoms with van der Waals surface area (Å²) in [6, 6.07) is 1.03. The van der Waals surface area contributed by atoms with E-state index in [0.29, 0.717) is 25.2 Å². The highest BCUT2D eigenvalue weighted by molar-refractivity contribution is 5.88. The van der Waals surface area contributed by atoms with Crippen molar-refractivity contribution in [3.63, 3.8) is 0 Å². The predicted molar refractivity (Wildman–Crippen MR) is 89.3 cm³/mol. The van der Waals surface area contributed by atoms with Crippen molar-refractivity contribution in [1.29, 1.82) is 5.26 Å². The Kier molecular flexibility index (Phi) is 4.44. The number of amides is 2. The van der Waals surface area contributed by atoms with Crippen molar-refractivity contribution in [3.8, 4) is 6.07 Å². The summed E-state index contributed by atoms with van der Waals surface area (Å²) in [5, 5.41) is 22.0. The average Bonchev–Trinajstić information content (AvgIpc) is 3.13. The molecule has 7 nitrogen and oxygen atoms in total. The third-order valence-corrected chi connectivity index (χ3v) is 5.69.